The van der Waals surface area contributed by atoms with Crippen LogP contribution in [-0.4, -0.2) is 40.7 Å². The third kappa shape index (κ3) is 3.45. The molecule has 21 heavy (non-hydrogen) atoms. The van der Waals surface area contributed by atoms with Gasteiger partial charge in [-0.15, -0.1) is 0 Å². The summed E-state index contributed by atoms with van der Waals surface area (Å²) >= 11 is 0. The minimum absolute atomic E-state index is 0.257. The van der Waals surface area contributed by atoms with Gasteiger partial charge in [0.1, 0.15) is 18.9 Å². The lowest BCUT2D eigenvalue weighted by molar-refractivity contribution is -0.138. The molecule has 0 aliphatic carbocycles. The van der Waals surface area contributed by atoms with Crippen molar-refractivity contribution in [3.05, 3.63) is 29.8 Å². The molecule has 0 aromatic heterocycles. The fourth-order valence-electron chi connectivity index (χ4n) is 2.26. The standard InChI is InChI=1S/C15H20N2O4/c1-15(2,3)17(8-13(18)19)14(20)16-11-9-21-12-7-5-4-6-10(11)12/h4-7,11H,8-9H2,1-3H3,(H,16,20)(H,18,19). The number of urea groups is 1. The third-order valence-corrected chi connectivity index (χ3v) is 3.35. The first-order chi connectivity index (χ1) is 9.79. The Kier molecular flexibility index (Phi) is 4.06. The van der Waals surface area contributed by atoms with E-state index in [1.807, 2.05) is 24.3 Å². The fraction of sp³-hybridized carbons (Fsp3) is 0.467. The maximum Gasteiger partial charge on any atom is 0.323 e. The maximum absolute atomic E-state index is 12.4. The number of amides is 2. The van der Waals surface area contributed by atoms with Gasteiger partial charge in [-0.1, -0.05) is 18.2 Å². The summed E-state index contributed by atoms with van der Waals surface area (Å²) in [5, 5.41) is 11.8. The first-order valence-electron chi connectivity index (χ1n) is 6.80. The van der Waals surface area contributed by atoms with E-state index in [4.69, 9.17) is 9.84 Å². The molecule has 6 heteroatoms. The average molecular weight is 292 g/mol. The lowest BCUT2D eigenvalue weighted by Crippen LogP contribution is -2.53. The van der Waals surface area contributed by atoms with E-state index in [1.165, 1.54) is 4.90 Å². The molecule has 1 atom stereocenters. The zero-order valence-electron chi connectivity index (χ0n) is 12.4. The Labute approximate surface area is 123 Å². The largest absolute Gasteiger partial charge is 0.491 e. The molecule has 0 saturated heterocycles. The molecule has 1 unspecified atom stereocenters. The molecular weight excluding hydrogens is 272 g/mol. The van der Waals surface area contributed by atoms with E-state index in [9.17, 15) is 9.59 Å². The molecular formula is C15H20N2O4. The van der Waals surface area contributed by atoms with Gasteiger partial charge in [0.15, 0.2) is 0 Å². The van der Waals surface area contributed by atoms with E-state index in [0.717, 1.165) is 11.3 Å². The van der Waals surface area contributed by atoms with Crippen LogP contribution in [0.2, 0.25) is 0 Å². The van der Waals surface area contributed by atoms with Crippen LogP contribution in [0.3, 0.4) is 0 Å². The number of benzene rings is 1. The summed E-state index contributed by atoms with van der Waals surface area (Å²) in [7, 11) is 0. The molecule has 1 aliphatic rings. The van der Waals surface area contributed by atoms with Crippen LogP contribution in [0.5, 0.6) is 5.75 Å². The van der Waals surface area contributed by atoms with Crippen molar-refractivity contribution in [3.63, 3.8) is 0 Å². The van der Waals surface area contributed by atoms with Crippen LogP contribution in [0.4, 0.5) is 4.79 Å². The van der Waals surface area contributed by atoms with Gasteiger partial charge in [-0.3, -0.25) is 4.79 Å². The van der Waals surface area contributed by atoms with E-state index in [2.05, 4.69) is 5.32 Å². The van der Waals surface area contributed by atoms with Crippen molar-refractivity contribution >= 4 is 12.0 Å². The van der Waals surface area contributed by atoms with Gasteiger partial charge in [0.25, 0.3) is 0 Å². The zero-order valence-corrected chi connectivity index (χ0v) is 12.4. The van der Waals surface area contributed by atoms with Crippen LogP contribution >= 0.6 is 0 Å². The normalized spacial score (nSPS) is 16.8. The van der Waals surface area contributed by atoms with E-state index in [1.54, 1.807) is 20.8 Å². The number of para-hydroxylation sites is 1. The number of fused-ring (bicyclic) bond motifs is 1. The summed E-state index contributed by atoms with van der Waals surface area (Å²) in [5.41, 5.74) is 0.330. The minimum atomic E-state index is -1.04. The van der Waals surface area contributed by atoms with Crippen LogP contribution in [-0.2, 0) is 4.79 Å². The molecule has 1 aliphatic heterocycles. The molecule has 1 aromatic rings. The quantitative estimate of drug-likeness (QED) is 0.893. The molecule has 0 radical (unpaired) electrons. The van der Waals surface area contributed by atoms with Gasteiger partial charge in [0.05, 0.1) is 6.04 Å². The molecule has 2 amide bonds. The second kappa shape index (κ2) is 5.63. The Bertz CT molecular complexity index is 551. The van der Waals surface area contributed by atoms with Gasteiger partial charge in [-0.25, -0.2) is 4.79 Å². The van der Waals surface area contributed by atoms with Crippen molar-refractivity contribution < 1.29 is 19.4 Å². The Balaban J connectivity index is 2.11. The van der Waals surface area contributed by atoms with Crippen molar-refractivity contribution in [2.24, 2.45) is 0 Å². The fourth-order valence-corrected chi connectivity index (χ4v) is 2.26. The van der Waals surface area contributed by atoms with Crippen molar-refractivity contribution in [2.45, 2.75) is 32.4 Å². The number of nitrogens with zero attached hydrogens (tertiary/aromatic N) is 1. The van der Waals surface area contributed by atoms with Crippen LogP contribution < -0.4 is 10.1 Å². The molecule has 2 rings (SSSR count). The second-order valence-electron chi connectivity index (χ2n) is 6.00. The Morgan fingerprint density at radius 3 is 2.67 bits per heavy atom. The number of aliphatic carboxylic acids is 1. The smallest absolute Gasteiger partial charge is 0.323 e. The molecule has 0 bridgehead atoms. The van der Waals surface area contributed by atoms with Crippen molar-refractivity contribution in [2.75, 3.05) is 13.2 Å². The summed E-state index contributed by atoms with van der Waals surface area (Å²) in [6.45, 7) is 5.42. The van der Waals surface area contributed by atoms with Gasteiger partial charge in [0, 0.05) is 11.1 Å². The molecule has 1 heterocycles. The van der Waals surface area contributed by atoms with Crippen molar-refractivity contribution in [3.8, 4) is 5.75 Å². The molecule has 0 spiro atoms. The summed E-state index contributed by atoms with van der Waals surface area (Å²) in [4.78, 5) is 24.6. The highest BCUT2D eigenvalue weighted by molar-refractivity contribution is 5.81. The Morgan fingerprint density at radius 2 is 2.05 bits per heavy atom. The number of hydrogen-bond acceptors (Lipinski definition) is 3. The average Bonchev–Trinajstić information content (AvgIpc) is 2.78. The van der Waals surface area contributed by atoms with Crippen LogP contribution in [0, 0.1) is 0 Å². The monoisotopic (exact) mass is 292 g/mol. The summed E-state index contributed by atoms with van der Waals surface area (Å²) in [5.74, 6) is -0.286. The van der Waals surface area contributed by atoms with Gasteiger partial charge >= 0.3 is 12.0 Å². The predicted octanol–water partition coefficient (Wildman–Crippen LogP) is 2.01. The number of carbonyl (C=O) groups excluding carboxylic acids is 1. The number of nitrogens with one attached hydrogen (secondary N) is 1. The Morgan fingerprint density at radius 1 is 1.38 bits per heavy atom. The van der Waals surface area contributed by atoms with E-state index in [0.29, 0.717) is 6.61 Å². The summed E-state index contributed by atoms with van der Waals surface area (Å²) in [6, 6.07) is 6.83. The van der Waals surface area contributed by atoms with E-state index < -0.39 is 17.5 Å². The second-order valence-corrected chi connectivity index (χ2v) is 6.00. The lowest BCUT2D eigenvalue weighted by Gasteiger charge is -2.35. The number of rotatable bonds is 3. The molecule has 6 nitrogen and oxygen atoms in total. The minimum Gasteiger partial charge on any atom is -0.491 e. The predicted molar refractivity (Wildman–Crippen MR) is 77.3 cm³/mol. The number of carboxylic acids is 1. The van der Waals surface area contributed by atoms with E-state index in [-0.39, 0.29) is 12.6 Å². The maximum atomic E-state index is 12.4. The van der Waals surface area contributed by atoms with Crippen molar-refractivity contribution in [1.29, 1.82) is 0 Å². The highest BCUT2D eigenvalue weighted by Crippen LogP contribution is 2.31. The first-order valence-corrected chi connectivity index (χ1v) is 6.80. The number of carboxylic acid groups (broad SMARTS) is 1. The first kappa shape index (κ1) is 15.2. The van der Waals surface area contributed by atoms with E-state index >= 15 is 0 Å². The Hall–Kier alpha value is -2.24. The molecule has 0 saturated carbocycles. The number of carbonyl (C=O) groups is 2. The highest BCUT2D eigenvalue weighted by atomic mass is 16.5. The third-order valence-electron chi connectivity index (χ3n) is 3.35. The lowest BCUT2D eigenvalue weighted by atomic mass is 10.1. The van der Waals surface area contributed by atoms with Crippen LogP contribution in [0.15, 0.2) is 24.3 Å². The zero-order chi connectivity index (χ0) is 15.6. The summed E-state index contributed by atoms with van der Waals surface area (Å²) < 4.78 is 5.51. The molecule has 0 fully saturated rings. The van der Waals surface area contributed by atoms with Crippen LogP contribution in [0.25, 0.3) is 0 Å². The highest BCUT2D eigenvalue weighted by Gasteiger charge is 2.32. The SMILES string of the molecule is CC(C)(C)N(CC(=O)O)C(=O)NC1COc2ccccc21. The van der Waals surface area contributed by atoms with Crippen molar-refractivity contribution in [1.82, 2.24) is 10.2 Å². The molecule has 114 valence electrons. The summed E-state index contributed by atoms with van der Waals surface area (Å²) in [6.07, 6.45) is 0. The van der Waals surface area contributed by atoms with Gasteiger partial charge in [-0.2, -0.15) is 0 Å². The van der Waals surface area contributed by atoms with Crippen LogP contribution in [0.1, 0.15) is 32.4 Å². The number of hydrogen-bond donors (Lipinski definition) is 2. The molecule has 1 aromatic carbocycles. The van der Waals surface area contributed by atoms with Gasteiger partial charge < -0.3 is 20.1 Å². The van der Waals surface area contributed by atoms with Gasteiger partial charge in [0.2, 0.25) is 0 Å². The molecule has 2 N–H and O–H groups in total. The number of ether oxygens (including phenoxy) is 1. The van der Waals surface area contributed by atoms with Gasteiger partial charge in [-0.05, 0) is 26.8 Å². The topological polar surface area (TPSA) is 78.9 Å².